The molecule has 3 rings (SSSR count). The van der Waals surface area contributed by atoms with Crippen LogP contribution < -0.4 is 10.5 Å². The van der Waals surface area contributed by atoms with Gasteiger partial charge in [0.05, 0.1) is 16.3 Å². The van der Waals surface area contributed by atoms with Crippen molar-refractivity contribution in [3.8, 4) is 0 Å². The average molecular weight is 380 g/mol. The van der Waals surface area contributed by atoms with Crippen LogP contribution >= 0.6 is 23.2 Å². The van der Waals surface area contributed by atoms with Crippen LogP contribution in [0.25, 0.3) is 0 Å². The summed E-state index contributed by atoms with van der Waals surface area (Å²) in [5.74, 6) is -0.590. The van der Waals surface area contributed by atoms with Gasteiger partial charge in [0.1, 0.15) is 11.6 Å². The van der Waals surface area contributed by atoms with Gasteiger partial charge in [-0.3, -0.25) is 14.4 Å². The lowest BCUT2D eigenvalue weighted by atomic mass is 10.1. The van der Waals surface area contributed by atoms with Gasteiger partial charge >= 0.3 is 0 Å². The van der Waals surface area contributed by atoms with E-state index >= 15 is 0 Å². The van der Waals surface area contributed by atoms with Crippen LogP contribution in [-0.2, 0) is 4.79 Å². The van der Waals surface area contributed by atoms with Gasteiger partial charge in [-0.15, -0.1) is 0 Å². The minimum Gasteiger partial charge on any atom is -0.327 e. The van der Waals surface area contributed by atoms with E-state index in [1.165, 1.54) is 17.2 Å². The van der Waals surface area contributed by atoms with Gasteiger partial charge in [-0.2, -0.15) is 0 Å². The molecule has 1 atom stereocenters. The van der Waals surface area contributed by atoms with Crippen LogP contribution in [0.2, 0.25) is 10.0 Å². The predicted molar refractivity (Wildman–Crippen MR) is 96.4 cm³/mol. The summed E-state index contributed by atoms with van der Waals surface area (Å²) in [5, 5.41) is 0.412. The molecule has 0 saturated carbocycles. The first-order valence-corrected chi connectivity index (χ1v) is 8.38. The second kappa shape index (κ2) is 6.90. The van der Waals surface area contributed by atoms with E-state index in [-0.39, 0.29) is 35.0 Å². The van der Waals surface area contributed by atoms with Crippen LogP contribution in [-0.4, -0.2) is 40.8 Å². The van der Waals surface area contributed by atoms with Gasteiger partial charge in [0.25, 0.3) is 11.5 Å². The Labute approximate surface area is 154 Å². The van der Waals surface area contributed by atoms with Gasteiger partial charge in [-0.05, 0) is 25.1 Å². The molecule has 2 amide bonds. The molecule has 1 unspecified atom stereocenters. The maximum Gasteiger partial charge on any atom is 0.266 e. The smallest absolute Gasteiger partial charge is 0.266 e. The lowest BCUT2D eigenvalue weighted by Gasteiger charge is -2.39. The second-order valence-electron chi connectivity index (χ2n) is 5.80. The van der Waals surface area contributed by atoms with Crippen LogP contribution in [0.5, 0.6) is 0 Å². The van der Waals surface area contributed by atoms with E-state index in [4.69, 9.17) is 23.2 Å². The highest BCUT2D eigenvalue weighted by atomic mass is 35.5. The van der Waals surface area contributed by atoms with E-state index in [2.05, 4.69) is 4.98 Å². The van der Waals surface area contributed by atoms with Gasteiger partial charge in [-0.25, -0.2) is 0 Å². The first-order valence-electron chi connectivity index (χ1n) is 7.62. The Morgan fingerprint density at radius 1 is 1.20 bits per heavy atom. The largest absolute Gasteiger partial charge is 0.327 e. The van der Waals surface area contributed by atoms with Crippen LogP contribution in [0.1, 0.15) is 17.3 Å². The number of pyridine rings is 1. The molecule has 1 N–H and O–H groups in total. The number of aromatic amines is 1. The van der Waals surface area contributed by atoms with Gasteiger partial charge in [-0.1, -0.05) is 35.3 Å². The Hall–Kier alpha value is -2.31. The van der Waals surface area contributed by atoms with E-state index in [9.17, 15) is 14.4 Å². The molecule has 1 aliphatic rings. The second-order valence-corrected chi connectivity index (χ2v) is 6.62. The zero-order chi connectivity index (χ0) is 18.1. The molecule has 2 aromatic rings. The molecule has 130 valence electrons. The number of rotatable bonds is 2. The van der Waals surface area contributed by atoms with Crippen molar-refractivity contribution in [3.63, 3.8) is 0 Å². The summed E-state index contributed by atoms with van der Waals surface area (Å²) in [6, 6.07) is 8.16. The van der Waals surface area contributed by atoms with E-state index in [1.54, 1.807) is 29.2 Å². The zero-order valence-electron chi connectivity index (χ0n) is 13.3. The Kier molecular flexibility index (Phi) is 4.83. The van der Waals surface area contributed by atoms with Crippen molar-refractivity contribution in [1.29, 1.82) is 0 Å². The predicted octanol–water partition coefficient (Wildman–Crippen LogP) is 2.56. The van der Waals surface area contributed by atoms with Crippen LogP contribution in [0, 0.1) is 0 Å². The number of amides is 2. The molecule has 1 saturated heterocycles. The maximum atomic E-state index is 12.7. The molecule has 25 heavy (non-hydrogen) atoms. The van der Waals surface area contributed by atoms with Crippen LogP contribution in [0.3, 0.4) is 0 Å². The normalized spacial score (nSPS) is 17.7. The molecule has 0 bridgehead atoms. The van der Waals surface area contributed by atoms with Crippen LogP contribution in [0.4, 0.5) is 5.69 Å². The van der Waals surface area contributed by atoms with Gasteiger partial charge in [0.15, 0.2) is 0 Å². The van der Waals surface area contributed by atoms with E-state index < -0.39 is 5.56 Å². The number of piperazine rings is 1. The third kappa shape index (κ3) is 3.41. The highest BCUT2D eigenvalue weighted by Crippen LogP contribution is 2.28. The summed E-state index contributed by atoms with van der Waals surface area (Å²) in [6.07, 6.45) is 1.30. The van der Waals surface area contributed by atoms with E-state index in [0.29, 0.717) is 17.3 Å². The summed E-state index contributed by atoms with van der Waals surface area (Å²) in [7, 11) is 0. The number of para-hydroxylation sites is 1. The number of carbonyl (C=O) groups is 2. The summed E-state index contributed by atoms with van der Waals surface area (Å²) < 4.78 is 0. The quantitative estimate of drug-likeness (QED) is 0.871. The maximum absolute atomic E-state index is 12.7. The summed E-state index contributed by atoms with van der Waals surface area (Å²) in [4.78, 5) is 42.0. The van der Waals surface area contributed by atoms with E-state index in [0.717, 1.165) is 0 Å². The highest BCUT2D eigenvalue weighted by Gasteiger charge is 2.34. The SMILES string of the molecule is CC1CN(c2ccccc2Cl)C(=O)CN1C(=O)c1c[nH]c(=O)c(Cl)c1. The summed E-state index contributed by atoms with van der Waals surface area (Å²) in [6.45, 7) is 2.09. The van der Waals surface area contributed by atoms with Crippen molar-refractivity contribution >= 4 is 40.7 Å². The van der Waals surface area contributed by atoms with Crippen molar-refractivity contribution in [3.05, 3.63) is 62.5 Å². The van der Waals surface area contributed by atoms with Crippen molar-refractivity contribution in [2.75, 3.05) is 18.0 Å². The number of carbonyl (C=O) groups excluding carboxylic acids is 2. The van der Waals surface area contributed by atoms with Crippen molar-refractivity contribution in [1.82, 2.24) is 9.88 Å². The molecule has 1 fully saturated rings. The highest BCUT2D eigenvalue weighted by molar-refractivity contribution is 6.34. The molecule has 1 aromatic heterocycles. The Bertz CT molecular complexity index is 897. The third-order valence-electron chi connectivity index (χ3n) is 4.09. The number of halogens is 2. The minimum absolute atomic E-state index is 0.0699. The van der Waals surface area contributed by atoms with Crippen molar-refractivity contribution in [2.24, 2.45) is 0 Å². The molecule has 2 heterocycles. The Balaban J connectivity index is 1.83. The molecule has 6 nitrogen and oxygen atoms in total. The molecule has 0 spiro atoms. The fourth-order valence-electron chi connectivity index (χ4n) is 2.77. The lowest BCUT2D eigenvalue weighted by Crippen LogP contribution is -2.57. The first kappa shape index (κ1) is 17.5. The van der Waals surface area contributed by atoms with Gasteiger partial charge < -0.3 is 14.8 Å². The summed E-state index contributed by atoms with van der Waals surface area (Å²) >= 11 is 12.0. The topological polar surface area (TPSA) is 73.5 Å². The Morgan fingerprint density at radius 3 is 2.60 bits per heavy atom. The lowest BCUT2D eigenvalue weighted by molar-refractivity contribution is -0.121. The number of H-pyrrole nitrogens is 1. The molecule has 1 aliphatic heterocycles. The fourth-order valence-corrected chi connectivity index (χ4v) is 3.18. The standard InChI is InChI=1S/C17H15Cl2N3O3/c1-10-8-22(14-5-3-2-4-12(14)18)15(23)9-21(10)17(25)11-6-13(19)16(24)20-7-11/h2-7,10H,8-9H2,1H3,(H,20,24). The third-order valence-corrected chi connectivity index (χ3v) is 4.69. The summed E-state index contributed by atoms with van der Waals surface area (Å²) in [5.41, 5.74) is 0.390. The average Bonchev–Trinajstić information content (AvgIpc) is 2.59. The minimum atomic E-state index is -0.467. The molecule has 1 aromatic carbocycles. The van der Waals surface area contributed by atoms with Gasteiger partial charge in [0.2, 0.25) is 5.91 Å². The van der Waals surface area contributed by atoms with Crippen molar-refractivity contribution in [2.45, 2.75) is 13.0 Å². The first-order chi connectivity index (χ1) is 11.9. The van der Waals surface area contributed by atoms with Crippen LogP contribution in [0.15, 0.2) is 41.3 Å². The van der Waals surface area contributed by atoms with Gasteiger partial charge in [0, 0.05) is 18.8 Å². The molecule has 0 radical (unpaired) electrons. The number of hydrogen-bond acceptors (Lipinski definition) is 3. The number of aromatic nitrogens is 1. The van der Waals surface area contributed by atoms with Crippen molar-refractivity contribution < 1.29 is 9.59 Å². The number of anilines is 1. The van der Waals surface area contributed by atoms with E-state index in [1.807, 2.05) is 6.92 Å². The zero-order valence-corrected chi connectivity index (χ0v) is 14.8. The Morgan fingerprint density at radius 2 is 1.92 bits per heavy atom. The number of benzene rings is 1. The molecule has 8 heteroatoms. The molecule has 0 aliphatic carbocycles. The number of nitrogens with zero attached hydrogens (tertiary/aromatic N) is 2. The number of nitrogens with one attached hydrogen (secondary N) is 1. The fraction of sp³-hybridized carbons (Fsp3) is 0.235. The monoisotopic (exact) mass is 379 g/mol. The molecular weight excluding hydrogens is 365 g/mol. The number of hydrogen-bond donors (Lipinski definition) is 1. The molecular formula is C17H15Cl2N3O3.